The van der Waals surface area contributed by atoms with E-state index in [1.165, 1.54) is 51.4 Å². The van der Waals surface area contributed by atoms with Crippen LogP contribution in [0.3, 0.4) is 0 Å². The molecule has 0 aromatic rings. The molecule has 0 heterocycles. The number of hydrogen-bond acceptors (Lipinski definition) is 2. The molecule has 3 nitrogen and oxygen atoms in total. The Kier molecular flexibility index (Phi) is 3.60. The number of hydrogen-bond donors (Lipinski definition) is 2. The highest BCUT2D eigenvalue weighted by Gasteiger charge is 2.48. The second kappa shape index (κ2) is 5.20. The van der Waals surface area contributed by atoms with Crippen molar-refractivity contribution in [3.63, 3.8) is 0 Å². The van der Waals surface area contributed by atoms with E-state index in [4.69, 9.17) is 5.73 Å². The summed E-state index contributed by atoms with van der Waals surface area (Å²) in [5.41, 5.74) is 6.21. The molecule has 0 aliphatic heterocycles. The molecule has 3 rings (SSSR count). The predicted molar refractivity (Wildman–Crippen MR) is 71.9 cm³/mol. The highest BCUT2D eigenvalue weighted by molar-refractivity contribution is 5.80. The van der Waals surface area contributed by atoms with E-state index in [9.17, 15) is 4.79 Å². The summed E-state index contributed by atoms with van der Waals surface area (Å²) in [6.07, 6.45) is 10.3. The molecular formula is C15H26N2O. The van der Waals surface area contributed by atoms with Gasteiger partial charge in [-0.15, -0.1) is 0 Å². The molecule has 0 aromatic carbocycles. The third-order valence-corrected chi connectivity index (χ3v) is 5.57. The van der Waals surface area contributed by atoms with Crippen molar-refractivity contribution >= 4 is 5.91 Å². The molecule has 3 N–H and O–H groups in total. The molecule has 102 valence electrons. The quantitative estimate of drug-likeness (QED) is 0.805. The number of nitrogens with two attached hydrogens (primary N) is 1. The second-order valence-corrected chi connectivity index (χ2v) is 6.69. The first-order valence-electron chi connectivity index (χ1n) is 7.79. The summed E-state index contributed by atoms with van der Waals surface area (Å²) >= 11 is 0. The van der Waals surface area contributed by atoms with Crippen LogP contribution in [0.25, 0.3) is 0 Å². The van der Waals surface area contributed by atoms with Crippen LogP contribution < -0.4 is 11.1 Å². The molecule has 2 bridgehead atoms. The van der Waals surface area contributed by atoms with Crippen LogP contribution in [0.4, 0.5) is 0 Å². The SMILES string of the molecule is NC1C2CCC(C2)C1C(=O)NCC1CCCCC1. The van der Waals surface area contributed by atoms with Crippen LogP contribution in [-0.2, 0) is 4.79 Å². The summed E-state index contributed by atoms with van der Waals surface area (Å²) in [4.78, 5) is 12.3. The van der Waals surface area contributed by atoms with Crippen molar-refractivity contribution in [3.05, 3.63) is 0 Å². The molecule has 0 radical (unpaired) electrons. The van der Waals surface area contributed by atoms with E-state index in [-0.39, 0.29) is 17.9 Å². The Labute approximate surface area is 110 Å². The number of rotatable bonds is 3. The lowest BCUT2D eigenvalue weighted by Crippen LogP contribution is -2.46. The topological polar surface area (TPSA) is 55.1 Å². The normalized spacial score (nSPS) is 40.1. The lowest BCUT2D eigenvalue weighted by molar-refractivity contribution is -0.127. The van der Waals surface area contributed by atoms with E-state index in [1.54, 1.807) is 0 Å². The molecule has 18 heavy (non-hydrogen) atoms. The average molecular weight is 250 g/mol. The molecule has 3 aliphatic carbocycles. The van der Waals surface area contributed by atoms with Gasteiger partial charge in [0.05, 0.1) is 5.92 Å². The molecule has 0 spiro atoms. The summed E-state index contributed by atoms with van der Waals surface area (Å²) in [7, 11) is 0. The predicted octanol–water partition coefficient (Wildman–Crippen LogP) is 2.06. The zero-order chi connectivity index (χ0) is 12.5. The number of fused-ring (bicyclic) bond motifs is 2. The second-order valence-electron chi connectivity index (χ2n) is 6.69. The van der Waals surface area contributed by atoms with Crippen LogP contribution in [0.15, 0.2) is 0 Å². The van der Waals surface area contributed by atoms with Crippen LogP contribution >= 0.6 is 0 Å². The van der Waals surface area contributed by atoms with E-state index >= 15 is 0 Å². The van der Waals surface area contributed by atoms with Crippen LogP contribution in [0.5, 0.6) is 0 Å². The number of carbonyl (C=O) groups excluding carboxylic acids is 1. The largest absolute Gasteiger partial charge is 0.356 e. The minimum absolute atomic E-state index is 0.118. The van der Waals surface area contributed by atoms with Crippen molar-refractivity contribution < 1.29 is 4.79 Å². The van der Waals surface area contributed by atoms with Gasteiger partial charge in [0.2, 0.25) is 5.91 Å². The van der Waals surface area contributed by atoms with E-state index in [1.807, 2.05) is 0 Å². The molecule has 4 unspecified atom stereocenters. The van der Waals surface area contributed by atoms with Crippen LogP contribution in [0.2, 0.25) is 0 Å². The van der Waals surface area contributed by atoms with Crippen molar-refractivity contribution in [2.75, 3.05) is 6.54 Å². The van der Waals surface area contributed by atoms with Gasteiger partial charge in [-0.1, -0.05) is 19.3 Å². The zero-order valence-electron chi connectivity index (χ0n) is 11.2. The summed E-state index contributed by atoms with van der Waals surface area (Å²) < 4.78 is 0. The monoisotopic (exact) mass is 250 g/mol. The first-order chi connectivity index (χ1) is 8.75. The Morgan fingerprint density at radius 1 is 1.06 bits per heavy atom. The fourth-order valence-corrected chi connectivity index (χ4v) is 4.48. The Balaban J connectivity index is 1.49. The van der Waals surface area contributed by atoms with E-state index in [0.717, 1.165) is 12.5 Å². The van der Waals surface area contributed by atoms with Gasteiger partial charge in [0, 0.05) is 12.6 Å². The van der Waals surface area contributed by atoms with Gasteiger partial charge in [-0.25, -0.2) is 0 Å². The third-order valence-electron chi connectivity index (χ3n) is 5.57. The highest BCUT2D eigenvalue weighted by atomic mass is 16.1. The summed E-state index contributed by atoms with van der Waals surface area (Å²) in [5.74, 6) is 2.29. The van der Waals surface area contributed by atoms with Gasteiger partial charge < -0.3 is 11.1 Å². The Hall–Kier alpha value is -0.570. The van der Waals surface area contributed by atoms with Crippen molar-refractivity contribution in [1.82, 2.24) is 5.32 Å². The molecule has 0 saturated heterocycles. The third kappa shape index (κ3) is 2.29. The molecule has 3 fully saturated rings. The fraction of sp³-hybridized carbons (Fsp3) is 0.933. The number of carbonyl (C=O) groups is 1. The van der Waals surface area contributed by atoms with Gasteiger partial charge in [0.1, 0.15) is 0 Å². The Morgan fingerprint density at radius 2 is 1.78 bits per heavy atom. The van der Waals surface area contributed by atoms with Gasteiger partial charge in [0.15, 0.2) is 0 Å². The van der Waals surface area contributed by atoms with Gasteiger partial charge in [-0.3, -0.25) is 4.79 Å². The summed E-state index contributed by atoms with van der Waals surface area (Å²) in [5, 5.41) is 3.19. The van der Waals surface area contributed by atoms with Crippen molar-refractivity contribution in [2.24, 2.45) is 29.4 Å². The van der Waals surface area contributed by atoms with Crippen molar-refractivity contribution in [1.29, 1.82) is 0 Å². The van der Waals surface area contributed by atoms with Crippen molar-refractivity contribution in [3.8, 4) is 0 Å². The average Bonchev–Trinajstić information content (AvgIpc) is 2.98. The Bertz CT molecular complexity index is 310. The van der Waals surface area contributed by atoms with E-state index in [2.05, 4.69) is 5.32 Å². The number of amides is 1. The van der Waals surface area contributed by atoms with Gasteiger partial charge in [0.25, 0.3) is 0 Å². The van der Waals surface area contributed by atoms with E-state index < -0.39 is 0 Å². The van der Waals surface area contributed by atoms with Crippen molar-refractivity contribution in [2.45, 2.75) is 57.4 Å². The molecule has 4 atom stereocenters. The maximum absolute atomic E-state index is 12.3. The fourth-order valence-electron chi connectivity index (χ4n) is 4.48. The lowest BCUT2D eigenvalue weighted by Gasteiger charge is -2.28. The van der Waals surface area contributed by atoms with Crippen LogP contribution in [-0.4, -0.2) is 18.5 Å². The molecule has 3 heteroatoms. The highest BCUT2D eigenvalue weighted by Crippen LogP contribution is 2.47. The molecule has 0 aromatic heterocycles. The first kappa shape index (κ1) is 12.5. The molecule has 1 amide bonds. The first-order valence-corrected chi connectivity index (χ1v) is 7.79. The van der Waals surface area contributed by atoms with Gasteiger partial charge in [-0.05, 0) is 49.9 Å². The lowest BCUT2D eigenvalue weighted by atomic mass is 9.84. The summed E-state index contributed by atoms with van der Waals surface area (Å²) in [6.45, 7) is 0.888. The van der Waals surface area contributed by atoms with Crippen LogP contribution in [0, 0.1) is 23.7 Å². The van der Waals surface area contributed by atoms with E-state index in [0.29, 0.717) is 11.8 Å². The van der Waals surface area contributed by atoms with Crippen LogP contribution in [0.1, 0.15) is 51.4 Å². The standard InChI is InChI=1S/C15H26N2O/c16-14-12-7-6-11(8-12)13(14)15(18)17-9-10-4-2-1-3-5-10/h10-14H,1-9,16H2,(H,17,18). The summed E-state index contributed by atoms with van der Waals surface area (Å²) in [6, 6.07) is 0.134. The maximum atomic E-state index is 12.3. The maximum Gasteiger partial charge on any atom is 0.224 e. The zero-order valence-corrected chi connectivity index (χ0v) is 11.2. The van der Waals surface area contributed by atoms with Gasteiger partial charge >= 0.3 is 0 Å². The number of nitrogens with one attached hydrogen (secondary N) is 1. The minimum atomic E-state index is 0.118. The molecular weight excluding hydrogens is 224 g/mol. The van der Waals surface area contributed by atoms with Gasteiger partial charge in [-0.2, -0.15) is 0 Å². The minimum Gasteiger partial charge on any atom is -0.356 e. The molecule has 3 saturated carbocycles. The Morgan fingerprint density at radius 3 is 2.44 bits per heavy atom. The smallest absolute Gasteiger partial charge is 0.224 e. The molecule has 3 aliphatic rings.